The highest BCUT2D eigenvalue weighted by Crippen LogP contribution is 2.24. The maximum atomic E-state index is 12.1. The van der Waals surface area contributed by atoms with E-state index in [0.29, 0.717) is 25.6 Å². The third-order valence-electron chi connectivity index (χ3n) is 3.47. The van der Waals surface area contributed by atoms with Crippen LogP contribution in [0, 0.1) is 11.8 Å². The first-order valence-electron chi connectivity index (χ1n) is 6.79. The molecular formula is C15H22N2O2. The number of methoxy groups -OCH3 is 1. The van der Waals surface area contributed by atoms with E-state index in [1.165, 1.54) is 5.56 Å². The Kier molecular flexibility index (Phi) is 4.80. The highest BCUT2D eigenvalue weighted by atomic mass is 16.5. The van der Waals surface area contributed by atoms with Crippen molar-refractivity contribution in [3.63, 3.8) is 0 Å². The van der Waals surface area contributed by atoms with E-state index in [4.69, 9.17) is 4.74 Å². The number of carbonyl (C=O) groups is 1. The Hall–Kier alpha value is -1.55. The van der Waals surface area contributed by atoms with Crippen LogP contribution in [0.2, 0.25) is 0 Å². The molecule has 1 amide bonds. The average Bonchev–Trinajstić information content (AvgIpc) is 2.44. The molecule has 1 aromatic carbocycles. The standard InChI is InChI=1S/C15H22N2O2/c1-11(10-19-2)8-17-15(18)13-7-12-5-3-4-6-14(12)16-9-13/h3-6,11,13,16H,7-10H2,1-2H3,(H,17,18). The van der Waals surface area contributed by atoms with E-state index in [0.717, 1.165) is 12.1 Å². The van der Waals surface area contributed by atoms with Crippen molar-refractivity contribution in [2.24, 2.45) is 11.8 Å². The topological polar surface area (TPSA) is 50.4 Å². The Morgan fingerprint density at radius 2 is 2.32 bits per heavy atom. The molecule has 4 heteroatoms. The zero-order valence-electron chi connectivity index (χ0n) is 11.6. The molecule has 0 bridgehead atoms. The normalized spacial score (nSPS) is 19.2. The maximum Gasteiger partial charge on any atom is 0.225 e. The zero-order valence-corrected chi connectivity index (χ0v) is 11.6. The second-order valence-electron chi connectivity index (χ2n) is 5.24. The molecule has 1 aliphatic rings. The minimum Gasteiger partial charge on any atom is -0.384 e. The summed E-state index contributed by atoms with van der Waals surface area (Å²) in [4.78, 5) is 12.1. The Bertz CT molecular complexity index is 434. The predicted molar refractivity (Wildman–Crippen MR) is 76.2 cm³/mol. The third-order valence-corrected chi connectivity index (χ3v) is 3.47. The molecule has 0 aromatic heterocycles. The van der Waals surface area contributed by atoms with E-state index < -0.39 is 0 Å². The van der Waals surface area contributed by atoms with Crippen molar-refractivity contribution in [3.05, 3.63) is 29.8 Å². The third kappa shape index (κ3) is 3.70. The lowest BCUT2D eigenvalue weighted by atomic mass is 9.93. The van der Waals surface area contributed by atoms with Crippen LogP contribution in [-0.2, 0) is 16.0 Å². The number of para-hydroxylation sites is 1. The van der Waals surface area contributed by atoms with Crippen LogP contribution >= 0.6 is 0 Å². The average molecular weight is 262 g/mol. The van der Waals surface area contributed by atoms with Crippen LogP contribution in [0.1, 0.15) is 12.5 Å². The number of carbonyl (C=O) groups excluding carboxylic acids is 1. The summed E-state index contributed by atoms with van der Waals surface area (Å²) in [6.45, 7) is 4.12. The van der Waals surface area contributed by atoms with Crippen LogP contribution in [0.15, 0.2) is 24.3 Å². The summed E-state index contributed by atoms with van der Waals surface area (Å²) in [6, 6.07) is 8.17. The summed E-state index contributed by atoms with van der Waals surface area (Å²) >= 11 is 0. The van der Waals surface area contributed by atoms with Crippen LogP contribution in [0.4, 0.5) is 5.69 Å². The van der Waals surface area contributed by atoms with Crippen molar-refractivity contribution in [3.8, 4) is 0 Å². The van der Waals surface area contributed by atoms with Crippen LogP contribution in [0.3, 0.4) is 0 Å². The van der Waals surface area contributed by atoms with E-state index >= 15 is 0 Å². The lowest BCUT2D eigenvalue weighted by Gasteiger charge is -2.25. The van der Waals surface area contributed by atoms with Gasteiger partial charge in [0.1, 0.15) is 0 Å². The van der Waals surface area contributed by atoms with E-state index in [1.54, 1.807) is 7.11 Å². The molecule has 104 valence electrons. The number of anilines is 1. The summed E-state index contributed by atoms with van der Waals surface area (Å²) in [5.41, 5.74) is 2.37. The van der Waals surface area contributed by atoms with E-state index in [-0.39, 0.29) is 11.8 Å². The minimum absolute atomic E-state index is 0.0182. The largest absolute Gasteiger partial charge is 0.384 e. The minimum atomic E-state index is 0.0182. The molecule has 19 heavy (non-hydrogen) atoms. The van der Waals surface area contributed by atoms with Crippen molar-refractivity contribution in [2.45, 2.75) is 13.3 Å². The molecule has 2 atom stereocenters. The summed E-state index contributed by atoms with van der Waals surface area (Å²) < 4.78 is 5.06. The first-order valence-corrected chi connectivity index (χ1v) is 6.79. The first kappa shape index (κ1) is 13.9. The summed E-state index contributed by atoms with van der Waals surface area (Å²) in [5, 5.41) is 6.33. The van der Waals surface area contributed by atoms with Crippen molar-refractivity contribution in [1.29, 1.82) is 0 Å². The number of amides is 1. The lowest BCUT2D eigenvalue weighted by molar-refractivity contribution is -0.124. The lowest BCUT2D eigenvalue weighted by Crippen LogP contribution is -2.40. The van der Waals surface area contributed by atoms with Gasteiger partial charge in [0.05, 0.1) is 12.5 Å². The second-order valence-corrected chi connectivity index (χ2v) is 5.24. The Labute approximate surface area is 114 Å². The zero-order chi connectivity index (χ0) is 13.7. The molecule has 1 aromatic rings. The number of fused-ring (bicyclic) bond motifs is 1. The van der Waals surface area contributed by atoms with Gasteiger partial charge in [0.25, 0.3) is 0 Å². The fourth-order valence-electron chi connectivity index (χ4n) is 2.39. The molecular weight excluding hydrogens is 240 g/mol. The molecule has 2 unspecified atom stereocenters. The van der Waals surface area contributed by atoms with Crippen molar-refractivity contribution in [2.75, 3.05) is 32.1 Å². The highest BCUT2D eigenvalue weighted by molar-refractivity contribution is 5.80. The molecule has 2 N–H and O–H groups in total. The molecule has 4 nitrogen and oxygen atoms in total. The summed E-state index contributed by atoms with van der Waals surface area (Å²) in [5.74, 6) is 0.493. The van der Waals surface area contributed by atoms with Gasteiger partial charge in [-0.2, -0.15) is 0 Å². The molecule has 0 radical (unpaired) electrons. The Morgan fingerprint density at radius 1 is 1.53 bits per heavy atom. The van der Waals surface area contributed by atoms with Crippen LogP contribution in [-0.4, -0.2) is 32.7 Å². The van der Waals surface area contributed by atoms with Gasteiger partial charge in [0, 0.05) is 25.9 Å². The Balaban J connectivity index is 1.85. The molecule has 2 rings (SSSR count). The van der Waals surface area contributed by atoms with Gasteiger partial charge in [-0.05, 0) is 24.0 Å². The number of hydrogen-bond acceptors (Lipinski definition) is 3. The van der Waals surface area contributed by atoms with Gasteiger partial charge in [0.15, 0.2) is 0 Å². The molecule has 1 aliphatic heterocycles. The first-order chi connectivity index (χ1) is 9.20. The van der Waals surface area contributed by atoms with Gasteiger partial charge in [-0.1, -0.05) is 25.1 Å². The number of ether oxygens (including phenoxy) is 1. The molecule has 0 aliphatic carbocycles. The highest BCUT2D eigenvalue weighted by Gasteiger charge is 2.24. The quantitative estimate of drug-likeness (QED) is 0.848. The second kappa shape index (κ2) is 6.57. The van der Waals surface area contributed by atoms with Crippen LogP contribution in [0.5, 0.6) is 0 Å². The molecule has 0 saturated heterocycles. The molecule has 0 saturated carbocycles. The van der Waals surface area contributed by atoms with E-state index in [9.17, 15) is 4.79 Å². The smallest absolute Gasteiger partial charge is 0.225 e. The molecule has 0 spiro atoms. The van der Waals surface area contributed by atoms with Gasteiger partial charge < -0.3 is 15.4 Å². The fourth-order valence-corrected chi connectivity index (χ4v) is 2.39. The van der Waals surface area contributed by atoms with Gasteiger partial charge in [0.2, 0.25) is 5.91 Å². The van der Waals surface area contributed by atoms with Gasteiger partial charge in [-0.3, -0.25) is 4.79 Å². The summed E-state index contributed by atoms with van der Waals surface area (Å²) in [6.07, 6.45) is 0.813. The fraction of sp³-hybridized carbons (Fsp3) is 0.533. The van der Waals surface area contributed by atoms with Gasteiger partial charge in [-0.15, -0.1) is 0 Å². The SMILES string of the molecule is COCC(C)CNC(=O)C1CNc2ccccc2C1. The van der Waals surface area contributed by atoms with E-state index in [1.807, 2.05) is 12.1 Å². The van der Waals surface area contributed by atoms with Crippen LogP contribution in [0.25, 0.3) is 0 Å². The Morgan fingerprint density at radius 3 is 3.11 bits per heavy atom. The maximum absolute atomic E-state index is 12.1. The van der Waals surface area contributed by atoms with Gasteiger partial charge in [-0.25, -0.2) is 0 Å². The number of nitrogens with one attached hydrogen (secondary N) is 2. The number of benzene rings is 1. The van der Waals surface area contributed by atoms with Gasteiger partial charge >= 0.3 is 0 Å². The molecule has 1 heterocycles. The van der Waals surface area contributed by atoms with E-state index in [2.05, 4.69) is 29.7 Å². The van der Waals surface area contributed by atoms with Crippen molar-refractivity contribution < 1.29 is 9.53 Å². The van der Waals surface area contributed by atoms with Crippen molar-refractivity contribution >= 4 is 11.6 Å². The van der Waals surface area contributed by atoms with Crippen LogP contribution < -0.4 is 10.6 Å². The number of hydrogen-bond donors (Lipinski definition) is 2. The number of rotatable bonds is 5. The predicted octanol–water partition coefficient (Wildman–Crippen LogP) is 1.67. The summed E-state index contributed by atoms with van der Waals surface area (Å²) in [7, 11) is 1.68. The molecule has 0 fully saturated rings. The monoisotopic (exact) mass is 262 g/mol. The van der Waals surface area contributed by atoms with Crippen molar-refractivity contribution in [1.82, 2.24) is 5.32 Å².